The van der Waals surface area contributed by atoms with Crippen molar-refractivity contribution < 1.29 is 4.79 Å². The smallest absolute Gasteiger partial charge is 0.227 e. The fourth-order valence-corrected chi connectivity index (χ4v) is 2.94. The third-order valence-corrected chi connectivity index (χ3v) is 4.33. The van der Waals surface area contributed by atoms with E-state index in [1.807, 2.05) is 29.2 Å². The lowest BCUT2D eigenvalue weighted by Gasteiger charge is -2.35. The molecule has 2 rings (SSSR count). The van der Waals surface area contributed by atoms with Crippen molar-refractivity contribution in [3.63, 3.8) is 0 Å². The molecule has 1 saturated heterocycles. The second-order valence-electron chi connectivity index (χ2n) is 5.83. The molecule has 0 atom stereocenters. The lowest BCUT2D eigenvalue weighted by atomic mass is 10.1. The molecule has 116 valence electrons. The zero-order valence-corrected chi connectivity index (χ0v) is 14.5. The highest BCUT2D eigenvalue weighted by molar-refractivity contribution is 9.10. The molecule has 0 bridgehead atoms. The Hall–Kier alpha value is -0.910. The van der Waals surface area contributed by atoms with Gasteiger partial charge in [0.2, 0.25) is 5.91 Å². The molecule has 1 amide bonds. The number of nitrogens with zero attached hydrogens (tertiary/aromatic N) is 3. The van der Waals surface area contributed by atoms with Gasteiger partial charge in [0.25, 0.3) is 0 Å². The highest BCUT2D eigenvalue weighted by atomic mass is 79.9. The first-order valence-corrected chi connectivity index (χ1v) is 8.23. The molecular formula is C16H24BrN3O. The van der Waals surface area contributed by atoms with E-state index in [9.17, 15) is 4.79 Å². The van der Waals surface area contributed by atoms with E-state index in [2.05, 4.69) is 39.8 Å². The van der Waals surface area contributed by atoms with E-state index in [0.717, 1.165) is 49.3 Å². The molecule has 1 fully saturated rings. The van der Waals surface area contributed by atoms with E-state index in [1.165, 1.54) is 0 Å². The largest absolute Gasteiger partial charge is 0.340 e. The summed E-state index contributed by atoms with van der Waals surface area (Å²) in [5.41, 5.74) is 1.07. The van der Waals surface area contributed by atoms with Gasteiger partial charge in [0.15, 0.2) is 0 Å². The van der Waals surface area contributed by atoms with E-state index < -0.39 is 0 Å². The van der Waals surface area contributed by atoms with Crippen LogP contribution in [0.1, 0.15) is 5.56 Å². The van der Waals surface area contributed by atoms with E-state index in [1.54, 1.807) is 0 Å². The monoisotopic (exact) mass is 353 g/mol. The second kappa shape index (κ2) is 7.92. The highest BCUT2D eigenvalue weighted by Gasteiger charge is 2.20. The van der Waals surface area contributed by atoms with Crippen molar-refractivity contribution in [3.8, 4) is 0 Å². The first kappa shape index (κ1) is 16.5. The van der Waals surface area contributed by atoms with Gasteiger partial charge in [-0.25, -0.2) is 0 Å². The van der Waals surface area contributed by atoms with Crippen molar-refractivity contribution in [1.82, 2.24) is 14.7 Å². The van der Waals surface area contributed by atoms with Gasteiger partial charge in [0.05, 0.1) is 6.42 Å². The number of carbonyl (C=O) groups excluding carboxylic acids is 1. The summed E-state index contributed by atoms with van der Waals surface area (Å²) in [7, 11) is 4.19. The van der Waals surface area contributed by atoms with Crippen molar-refractivity contribution >= 4 is 21.8 Å². The Morgan fingerprint density at radius 1 is 1.24 bits per heavy atom. The summed E-state index contributed by atoms with van der Waals surface area (Å²) >= 11 is 3.45. The molecule has 0 N–H and O–H groups in total. The first-order chi connectivity index (χ1) is 10.0. The van der Waals surface area contributed by atoms with Crippen LogP contribution in [0.3, 0.4) is 0 Å². The Balaban J connectivity index is 1.78. The van der Waals surface area contributed by atoms with Gasteiger partial charge in [-0.3, -0.25) is 9.69 Å². The zero-order chi connectivity index (χ0) is 15.2. The number of piperazine rings is 1. The number of hydrogen-bond acceptors (Lipinski definition) is 3. The SMILES string of the molecule is CN(C)CCN1CCN(C(=O)Cc2cccc(Br)c2)CC1. The summed E-state index contributed by atoms with van der Waals surface area (Å²) < 4.78 is 1.03. The summed E-state index contributed by atoms with van der Waals surface area (Å²) in [4.78, 5) is 19.0. The summed E-state index contributed by atoms with van der Waals surface area (Å²) in [5, 5.41) is 0. The first-order valence-electron chi connectivity index (χ1n) is 7.44. The lowest BCUT2D eigenvalue weighted by Crippen LogP contribution is -2.50. The topological polar surface area (TPSA) is 26.8 Å². The fourth-order valence-electron chi connectivity index (χ4n) is 2.50. The van der Waals surface area contributed by atoms with Gasteiger partial charge in [0.1, 0.15) is 0 Å². The molecule has 0 saturated carbocycles. The summed E-state index contributed by atoms with van der Waals surface area (Å²) in [6.07, 6.45) is 0.497. The average Bonchev–Trinajstić information content (AvgIpc) is 2.45. The molecule has 1 heterocycles. The Morgan fingerprint density at radius 3 is 2.57 bits per heavy atom. The predicted molar refractivity (Wildman–Crippen MR) is 89.4 cm³/mol. The normalized spacial score (nSPS) is 16.5. The Bertz CT molecular complexity index is 470. The molecule has 0 spiro atoms. The van der Waals surface area contributed by atoms with Crippen LogP contribution in [-0.2, 0) is 11.2 Å². The van der Waals surface area contributed by atoms with Gasteiger partial charge in [-0.1, -0.05) is 28.1 Å². The zero-order valence-electron chi connectivity index (χ0n) is 12.9. The van der Waals surface area contributed by atoms with E-state index in [4.69, 9.17) is 0 Å². The third kappa shape index (κ3) is 5.41. The average molecular weight is 354 g/mol. The van der Waals surface area contributed by atoms with Crippen LogP contribution in [0.4, 0.5) is 0 Å². The van der Waals surface area contributed by atoms with Gasteiger partial charge >= 0.3 is 0 Å². The lowest BCUT2D eigenvalue weighted by molar-refractivity contribution is -0.132. The van der Waals surface area contributed by atoms with Crippen LogP contribution in [0.5, 0.6) is 0 Å². The van der Waals surface area contributed by atoms with Crippen LogP contribution in [-0.4, -0.2) is 74.0 Å². The van der Waals surface area contributed by atoms with Crippen molar-refractivity contribution in [2.24, 2.45) is 0 Å². The molecule has 1 aromatic rings. The number of likely N-dealkylation sites (N-methyl/N-ethyl adjacent to an activating group) is 1. The van der Waals surface area contributed by atoms with Crippen LogP contribution in [0, 0.1) is 0 Å². The maximum absolute atomic E-state index is 12.3. The maximum Gasteiger partial charge on any atom is 0.227 e. The van der Waals surface area contributed by atoms with Crippen LogP contribution in [0.2, 0.25) is 0 Å². The van der Waals surface area contributed by atoms with Crippen molar-refractivity contribution in [2.45, 2.75) is 6.42 Å². The molecule has 0 aromatic heterocycles. The Kier molecular flexibility index (Phi) is 6.21. The van der Waals surface area contributed by atoms with Gasteiger partial charge < -0.3 is 9.80 Å². The van der Waals surface area contributed by atoms with E-state index in [-0.39, 0.29) is 5.91 Å². The second-order valence-corrected chi connectivity index (χ2v) is 6.75. The van der Waals surface area contributed by atoms with Gasteiger partial charge in [-0.15, -0.1) is 0 Å². The summed E-state index contributed by atoms with van der Waals surface area (Å²) in [5.74, 6) is 0.236. The summed E-state index contributed by atoms with van der Waals surface area (Å²) in [6, 6.07) is 7.99. The Labute approximate surface area is 135 Å². The molecule has 0 radical (unpaired) electrons. The molecule has 21 heavy (non-hydrogen) atoms. The van der Waals surface area contributed by atoms with Crippen molar-refractivity contribution in [3.05, 3.63) is 34.3 Å². The van der Waals surface area contributed by atoms with Gasteiger partial charge in [0, 0.05) is 43.7 Å². The van der Waals surface area contributed by atoms with Crippen LogP contribution >= 0.6 is 15.9 Å². The summed E-state index contributed by atoms with van der Waals surface area (Å²) in [6.45, 7) is 5.82. The number of carbonyl (C=O) groups is 1. The minimum atomic E-state index is 0.236. The molecule has 1 aromatic carbocycles. The predicted octanol–water partition coefficient (Wildman–Crippen LogP) is 1.70. The maximum atomic E-state index is 12.3. The fraction of sp³-hybridized carbons (Fsp3) is 0.562. The van der Waals surface area contributed by atoms with Crippen molar-refractivity contribution in [1.29, 1.82) is 0 Å². The van der Waals surface area contributed by atoms with Crippen LogP contribution in [0.25, 0.3) is 0 Å². The van der Waals surface area contributed by atoms with Gasteiger partial charge in [-0.05, 0) is 31.8 Å². The molecule has 0 aliphatic carbocycles. The third-order valence-electron chi connectivity index (χ3n) is 3.83. The molecular weight excluding hydrogens is 330 g/mol. The Morgan fingerprint density at radius 2 is 1.95 bits per heavy atom. The van der Waals surface area contributed by atoms with E-state index in [0.29, 0.717) is 6.42 Å². The number of halogens is 1. The highest BCUT2D eigenvalue weighted by Crippen LogP contribution is 2.13. The minimum Gasteiger partial charge on any atom is -0.340 e. The van der Waals surface area contributed by atoms with Crippen molar-refractivity contribution in [2.75, 3.05) is 53.4 Å². The number of hydrogen-bond donors (Lipinski definition) is 0. The molecule has 4 nitrogen and oxygen atoms in total. The molecule has 1 aliphatic rings. The number of amides is 1. The number of benzene rings is 1. The number of rotatable bonds is 5. The van der Waals surface area contributed by atoms with E-state index >= 15 is 0 Å². The molecule has 1 aliphatic heterocycles. The molecule has 0 unspecified atom stereocenters. The van der Waals surface area contributed by atoms with Gasteiger partial charge in [-0.2, -0.15) is 0 Å². The quantitative estimate of drug-likeness (QED) is 0.805. The van der Waals surface area contributed by atoms with Crippen LogP contribution in [0.15, 0.2) is 28.7 Å². The minimum absolute atomic E-state index is 0.236. The van der Waals surface area contributed by atoms with Crippen LogP contribution < -0.4 is 0 Å². The molecule has 5 heteroatoms. The standard InChI is InChI=1S/C16H24BrN3O/c1-18(2)6-7-19-8-10-20(11-9-19)16(21)13-14-4-3-5-15(17)12-14/h3-5,12H,6-11,13H2,1-2H3.